The first-order valence-electron chi connectivity index (χ1n) is 4.08. The van der Waals surface area contributed by atoms with Crippen molar-refractivity contribution >= 4 is 6.08 Å². The molecule has 0 aliphatic carbocycles. The number of hydrogen-bond acceptors (Lipinski definition) is 3. The van der Waals surface area contributed by atoms with Crippen molar-refractivity contribution in [2.75, 3.05) is 13.2 Å². The van der Waals surface area contributed by atoms with Gasteiger partial charge in [0.1, 0.15) is 5.76 Å². The highest BCUT2D eigenvalue weighted by atomic mass is 16.5. The van der Waals surface area contributed by atoms with E-state index in [2.05, 4.69) is 6.07 Å². The summed E-state index contributed by atoms with van der Waals surface area (Å²) in [5.74, 6) is 0.677. The van der Waals surface area contributed by atoms with Crippen LogP contribution >= 0.6 is 0 Å². The fourth-order valence-corrected chi connectivity index (χ4v) is 0.863. The van der Waals surface area contributed by atoms with Gasteiger partial charge in [0.15, 0.2) is 0 Å². The van der Waals surface area contributed by atoms with Crippen molar-refractivity contribution in [2.45, 2.75) is 6.92 Å². The van der Waals surface area contributed by atoms with Crippen molar-refractivity contribution in [3.63, 3.8) is 0 Å². The largest absolute Gasteiger partial charge is 0.465 e. The van der Waals surface area contributed by atoms with Crippen molar-refractivity contribution in [3.05, 3.63) is 29.7 Å². The van der Waals surface area contributed by atoms with Gasteiger partial charge in [0.2, 0.25) is 0 Å². The van der Waals surface area contributed by atoms with Crippen LogP contribution in [-0.4, -0.2) is 13.2 Å². The summed E-state index contributed by atoms with van der Waals surface area (Å²) < 4.78 is 10.2. The molecule has 1 aromatic heterocycles. The second kappa shape index (κ2) is 5.18. The molecule has 0 atom stereocenters. The lowest BCUT2D eigenvalue weighted by Gasteiger charge is -1.97. The minimum atomic E-state index is 0.341. The highest BCUT2D eigenvalue weighted by molar-refractivity contribution is 5.52. The summed E-state index contributed by atoms with van der Waals surface area (Å²) in [5, 5.41) is 8.71. The van der Waals surface area contributed by atoms with Gasteiger partial charge in [0, 0.05) is 6.61 Å². The van der Waals surface area contributed by atoms with E-state index in [-0.39, 0.29) is 0 Å². The Morgan fingerprint density at radius 2 is 2.62 bits per heavy atom. The first kappa shape index (κ1) is 9.56. The van der Waals surface area contributed by atoms with E-state index in [1.54, 1.807) is 24.5 Å². The summed E-state index contributed by atoms with van der Waals surface area (Å²) in [5.41, 5.74) is 0.566. The molecule has 3 heteroatoms. The molecule has 0 saturated heterocycles. The highest BCUT2D eigenvalue weighted by Gasteiger charge is 1.97. The first-order chi connectivity index (χ1) is 6.36. The Hall–Kier alpha value is -1.53. The molecular formula is C10H11NO2. The Labute approximate surface area is 77.2 Å². The fourth-order valence-electron chi connectivity index (χ4n) is 0.863. The maximum atomic E-state index is 8.71. The molecule has 0 bridgehead atoms. The van der Waals surface area contributed by atoms with Gasteiger partial charge in [0.25, 0.3) is 0 Å². The molecule has 0 unspecified atom stereocenters. The Bertz CT molecular complexity index is 306. The number of hydrogen-bond donors (Lipinski definition) is 0. The number of rotatable bonds is 4. The van der Waals surface area contributed by atoms with Gasteiger partial charge < -0.3 is 9.15 Å². The molecular weight excluding hydrogens is 166 g/mol. The van der Waals surface area contributed by atoms with Gasteiger partial charge >= 0.3 is 0 Å². The van der Waals surface area contributed by atoms with Crippen LogP contribution in [0, 0.1) is 11.3 Å². The van der Waals surface area contributed by atoms with Crippen LogP contribution in [0.2, 0.25) is 0 Å². The standard InChI is InChI=1S/C10H11NO2/c1-2-12-8-9(7-11)6-10-4-3-5-13-10/h3-6H,2,8H2,1H3/b9-6-. The van der Waals surface area contributed by atoms with E-state index in [1.165, 1.54) is 0 Å². The maximum Gasteiger partial charge on any atom is 0.127 e. The van der Waals surface area contributed by atoms with Gasteiger partial charge in [0.05, 0.1) is 24.5 Å². The minimum absolute atomic E-state index is 0.341. The maximum absolute atomic E-state index is 8.71. The van der Waals surface area contributed by atoms with Crippen LogP contribution < -0.4 is 0 Å². The Kier molecular flexibility index (Phi) is 3.80. The van der Waals surface area contributed by atoms with Crippen LogP contribution in [0.15, 0.2) is 28.4 Å². The van der Waals surface area contributed by atoms with Gasteiger partial charge in [-0.25, -0.2) is 0 Å². The Morgan fingerprint density at radius 1 is 1.77 bits per heavy atom. The lowest BCUT2D eigenvalue weighted by molar-refractivity contribution is 0.174. The third-order valence-electron chi connectivity index (χ3n) is 1.46. The number of nitriles is 1. The van der Waals surface area contributed by atoms with Crippen molar-refractivity contribution in [1.82, 2.24) is 0 Å². The van der Waals surface area contributed by atoms with Gasteiger partial charge in [-0.15, -0.1) is 0 Å². The molecule has 0 amide bonds. The van der Waals surface area contributed by atoms with Gasteiger partial charge in [-0.05, 0) is 25.1 Å². The van der Waals surface area contributed by atoms with E-state index in [0.29, 0.717) is 24.5 Å². The molecule has 0 aliphatic rings. The van der Waals surface area contributed by atoms with Crippen molar-refractivity contribution in [3.8, 4) is 6.07 Å². The van der Waals surface area contributed by atoms with Gasteiger partial charge in [-0.3, -0.25) is 0 Å². The Morgan fingerprint density at radius 3 is 3.15 bits per heavy atom. The number of ether oxygens (including phenoxy) is 1. The lowest BCUT2D eigenvalue weighted by Crippen LogP contribution is -1.95. The van der Waals surface area contributed by atoms with E-state index in [4.69, 9.17) is 14.4 Å². The van der Waals surface area contributed by atoms with Crippen LogP contribution in [0.4, 0.5) is 0 Å². The molecule has 1 aromatic rings. The molecule has 1 heterocycles. The van der Waals surface area contributed by atoms with Crippen LogP contribution in [-0.2, 0) is 4.74 Å². The average Bonchev–Trinajstić information content (AvgIpc) is 2.64. The van der Waals surface area contributed by atoms with Crippen LogP contribution in [0.1, 0.15) is 12.7 Å². The van der Waals surface area contributed by atoms with Crippen molar-refractivity contribution in [1.29, 1.82) is 5.26 Å². The molecule has 3 nitrogen and oxygen atoms in total. The highest BCUT2D eigenvalue weighted by Crippen LogP contribution is 2.06. The molecule has 0 spiro atoms. The van der Waals surface area contributed by atoms with Crippen LogP contribution in [0.3, 0.4) is 0 Å². The van der Waals surface area contributed by atoms with E-state index < -0.39 is 0 Å². The van der Waals surface area contributed by atoms with E-state index in [9.17, 15) is 0 Å². The smallest absolute Gasteiger partial charge is 0.127 e. The zero-order valence-corrected chi connectivity index (χ0v) is 7.49. The summed E-state index contributed by atoms with van der Waals surface area (Å²) in [6.45, 7) is 2.84. The summed E-state index contributed by atoms with van der Waals surface area (Å²) in [7, 11) is 0. The second-order valence-electron chi connectivity index (χ2n) is 2.43. The SMILES string of the molecule is CCOC/C(C#N)=C\c1ccco1. The van der Waals surface area contributed by atoms with Crippen LogP contribution in [0.5, 0.6) is 0 Å². The molecule has 0 radical (unpaired) electrons. The van der Waals surface area contributed by atoms with Gasteiger partial charge in [-0.1, -0.05) is 0 Å². The summed E-state index contributed by atoms with van der Waals surface area (Å²) in [6.07, 6.45) is 3.25. The number of nitrogens with zero attached hydrogens (tertiary/aromatic N) is 1. The molecule has 0 fully saturated rings. The number of furan rings is 1. The normalized spacial score (nSPS) is 11.2. The summed E-state index contributed by atoms with van der Waals surface area (Å²) >= 11 is 0. The van der Waals surface area contributed by atoms with Crippen molar-refractivity contribution < 1.29 is 9.15 Å². The van der Waals surface area contributed by atoms with E-state index in [1.807, 2.05) is 6.92 Å². The summed E-state index contributed by atoms with van der Waals surface area (Å²) in [6, 6.07) is 5.63. The van der Waals surface area contributed by atoms with E-state index >= 15 is 0 Å². The molecule has 0 aliphatic heterocycles. The van der Waals surface area contributed by atoms with Gasteiger partial charge in [-0.2, -0.15) is 5.26 Å². The topological polar surface area (TPSA) is 46.2 Å². The molecule has 0 saturated carbocycles. The third-order valence-corrected chi connectivity index (χ3v) is 1.46. The lowest BCUT2D eigenvalue weighted by atomic mass is 10.2. The predicted molar refractivity (Wildman–Crippen MR) is 48.8 cm³/mol. The van der Waals surface area contributed by atoms with Crippen molar-refractivity contribution in [2.24, 2.45) is 0 Å². The summed E-state index contributed by atoms with van der Waals surface area (Å²) in [4.78, 5) is 0. The molecule has 0 N–H and O–H groups in total. The molecule has 13 heavy (non-hydrogen) atoms. The predicted octanol–water partition coefficient (Wildman–Crippen LogP) is 2.22. The quantitative estimate of drug-likeness (QED) is 0.662. The minimum Gasteiger partial charge on any atom is -0.465 e. The zero-order chi connectivity index (χ0) is 9.52. The Balaban J connectivity index is 2.62. The first-order valence-corrected chi connectivity index (χ1v) is 4.08. The fraction of sp³-hybridized carbons (Fsp3) is 0.300. The van der Waals surface area contributed by atoms with E-state index in [0.717, 1.165) is 0 Å². The molecule has 1 rings (SSSR count). The molecule has 68 valence electrons. The zero-order valence-electron chi connectivity index (χ0n) is 7.49. The third kappa shape index (κ3) is 3.14. The average molecular weight is 177 g/mol. The monoisotopic (exact) mass is 177 g/mol. The van der Waals surface area contributed by atoms with Crippen LogP contribution in [0.25, 0.3) is 6.08 Å². The molecule has 0 aromatic carbocycles. The second-order valence-corrected chi connectivity index (χ2v) is 2.43.